The Morgan fingerprint density at radius 2 is 1.80 bits per heavy atom. The first-order valence-corrected chi connectivity index (χ1v) is 15.4. The second-order valence-corrected chi connectivity index (χ2v) is 12.1. The van der Waals surface area contributed by atoms with Gasteiger partial charge in [0.15, 0.2) is 0 Å². The van der Waals surface area contributed by atoms with E-state index in [1.165, 1.54) is 17.4 Å². The van der Waals surface area contributed by atoms with Gasteiger partial charge in [0.2, 0.25) is 11.8 Å². The fourth-order valence-corrected chi connectivity index (χ4v) is 6.87. The number of rotatable bonds is 10. The maximum atomic E-state index is 13.7. The second-order valence-electron chi connectivity index (χ2n) is 10.5. The van der Waals surface area contributed by atoms with Crippen LogP contribution in [0.3, 0.4) is 0 Å². The lowest BCUT2D eigenvalue weighted by atomic mass is 10.0. The number of nitrogens with one attached hydrogen (secondary N) is 1. The van der Waals surface area contributed by atoms with Crippen LogP contribution in [0.15, 0.2) is 77.7 Å². The van der Waals surface area contributed by atoms with Crippen LogP contribution in [-0.2, 0) is 16.1 Å². The van der Waals surface area contributed by atoms with E-state index in [1.807, 2.05) is 67.6 Å². The minimum atomic E-state index is -0.491. The molecule has 7 nitrogen and oxygen atoms in total. The van der Waals surface area contributed by atoms with Crippen LogP contribution in [0.2, 0.25) is 5.02 Å². The summed E-state index contributed by atoms with van der Waals surface area (Å²) in [5.74, 6) is 0.277. The van der Waals surface area contributed by atoms with Crippen LogP contribution < -0.4 is 19.9 Å². The standard InChI is InChI=1S/C32H37ClN4O3S/c1-23(30-32(39)37(22-24-7-5-8-25(33)21-24)28-9-3-4-10-29(28)41-30)31(38)34-15-6-16-35-17-19-36(20-18-35)26-11-13-27(40-2)14-12-26/h3-5,7-14,21,23,30H,6,15-20,22H2,1-2H3,(H,34,38)/t23-,30-/m0/s1. The summed E-state index contributed by atoms with van der Waals surface area (Å²) in [6.07, 6.45) is 0.872. The topological polar surface area (TPSA) is 65.1 Å². The Morgan fingerprint density at radius 3 is 2.54 bits per heavy atom. The number of amides is 2. The average molecular weight is 593 g/mol. The largest absolute Gasteiger partial charge is 0.497 e. The Morgan fingerprint density at radius 1 is 1.05 bits per heavy atom. The number of ether oxygens (including phenoxy) is 1. The summed E-state index contributed by atoms with van der Waals surface area (Å²) in [6, 6.07) is 23.7. The van der Waals surface area contributed by atoms with Gasteiger partial charge in [-0.15, -0.1) is 11.8 Å². The first-order valence-electron chi connectivity index (χ1n) is 14.1. The number of hydrogen-bond donors (Lipinski definition) is 1. The quantitative estimate of drug-likeness (QED) is 0.322. The summed E-state index contributed by atoms with van der Waals surface area (Å²) < 4.78 is 5.26. The van der Waals surface area contributed by atoms with Gasteiger partial charge in [-0.2, -0.15) is 0 Å². The van der Waals surface area contributed by atoms with Gasteiger partial charge >= 0.3 is 0 Å². The zero-order valence-electron chi connectivity index (χ0n) is 23.6. The molecule has 2 amide bonds. The SMILES string of the molecule is COc1ccc(N2CCN(CCCNC(=O)[C@@H](C)[C@@H]3Sc4ccccc4N(Cc4cccc(Cl)c4)C3=O)CC2)cc1. The lowest BCUT2D eigenvalue weighted by Gasteiger charge is -2.36. The zero-order valence-corrected chi connectivity index (χ0v) is 25.2. The number of hydrogen-bond acceptors (Lipinski definition) is 6. The van der Waals surface area contributed by atoms with Gasteiger partial charge in [0.05, 0.1) is 25.3 Å². The molecule has 2 aliphatic heterocycles. The van der Waals surface area contributed by atoms with E-state index in [0.29, 0.717) is 18.1 Å². The highest BCUT2D eigenvalue weighted by molar-refractivity contribution is 8.01. The van der Waals surface area contributed by atoms with Crippen molar-refractivity contribution in [3.8, 4) is 5.75 Å². The Bertz CT molecular complexity index is 1350. The van der Waals surface area contributed by atoms with Crippen molar-refractivity contribution in [2.75, 3.05) is 56.2 Å². The van der Waals surface area contributed by atoms with E-state index in [-0.39, 0.29) is 11.8 Å². The van der Waals surface area contributed by atoms with E-state index in [0.717, 1.165) is 61.0 Å². The molecule has 2 heterocycles. The fourth-order valence-electron chi connectivity index (χ4n) is 5.37. The molecule has 2 aliphatic rings. The second kappa shape index (κ2) is 13.6. The first kappa shape index (κ1) is 29.3. The molecule has 1 saturated heterocycles. The molecule has 3 aromatic carbocycles. The van der Waals surface area contributed by atoms with Crippen LogP contribution in [0, 0.1) is 5.92 Å². The lowest BCUT2D eigenvalue weighted by Crippen LogP contribution is -2.48. The summed E-state index contributed by atoms with van der Waals surface area (Å²) in [5, 5.41) is 3.24. The van der Waals surface area contributed by atoms with Gasteiger partial charge in [-0.1, -0.05) is 42.8 Å². The molecular weight excluding hydrogens is 556 g/mol. The van der Waals surface area contributed by atoms with Gasteiger partial charge in [0.25, 0.3) is 0 Å². The van der Waals surface area contributed by atoms with Crippen molar-refractivity contribution >= 4 is 46.6 Å². The molecule has 0 aliphatic carbocycles. The Balaban J connectivity index is 1.10. The van der Waals surface area contributed by atoms with E-state index < -0.39 is 11.2 Å². The van der Waals surface area contributed by atoms with Gasteiger partial charge < -0.3 is 19.9 Å². The van der Waals surface area contributed by atoms with E-state index in [9.17, 15) is 9.59 Å². The summed E-state index contributed by atoms with van der Waals surface area (Å²) in [6.45, 7) is 7.73. The van der Waals surface area contributed by atoms with E-state index >= 15 is 0 Å². The fraction of sp³-hybridized carbons (Fsp3) is 0.375. The molecule has 0 aromatic heterocycles. The van der Waals surface area contributed by atoms with Gasteiger partial charge in [-0.25, -0.2) is 0 Å². The Kier molecular flexibility index (Phi) is 9.75. The minimum absolute atomic E-state index is 0.0499. The first-order chi connectivity index (χ1) is 19.9. The van der Waals surface area contributed by atoms with Gasteiger partial charge in [-0.3, -0.25) is 14.5 Å². The van der Waals surface area contributed by atoms with Crippen LogP contribution in [0.5, 0.6) is 5.75 Å². The number of methoxy groups -OCH3 is 1. The van der Waals surface area contributed by atoms with Crippen molar-refractivity contribution in [2.24, 2.45) is 5.92 Å². The number of anilines is 2. The number of carbonyl (C=O) groups excluding carboxylic acids is 2. The molecule has 2 atom stereocenters. The number of fused-ring (bicyclic) bond motifs is 1. The number of halogens is 1. The predicted molar refractivity (Wildman–Crippen MR) is 167 cm³/mol. The van der Waals surface area contributed by atoms with E-state index in [1.54, 1.807) is 12.0 Å². The molecule has 0 radical (unpaired) electrons. The van der Waals surface area contributed by atoms with Crippen molar-refractivity contribution in [3.63, 3.8) is 0 Å². The monoisotopic (exact) mass is 592 g/mol. The molecule has 0 bridgehead atoms. The molecule has 0 saturated carbocycles. The van der Waals surface area contributed by atoms with Crippen LogP contribution in [0.4, 0.5) is 11.4 Å². The predicted octanol–water partition coefficient (Wildman–Crippen LogP) is 5.32. The smallest absolute Gasteiger partial charge is 0.241 e. The molecule has 3 aromatic rings. The highest BCUT2D eigenvalue weighted by Gasteiger charge is 2.39. The Labute approximate surface area is 251 Å². The molecule has 1 fully saturated rings. The number of nitrogens with zero attached hydrogens (tertiary/aromatic N) is 3. The molecule has 0 unspecified atom stereocenters. The zero-order chi connectivity index (χ0) is 28.8. The molecule has 216 valence electrons. The number of para-hydroxylation sites is 1. The highest BCUT2D eigenvalue weighted by atomic mass is 35.5. The summed E-state index contributed by atoms with van der Waals surface area (Å²) in [7, 11) is 1.68. The number of benzene rings is 3. The summed E-state index contributed by atoms with van der Waals surface area (Å²) in [5.41, 5.74) is 3.04. The minimum Gasteiger partial charge on any atom is -0.497 e. The molecule has 9 heteroatoms. The van der Waals surface area contributed by atoms with Crippen LogP contribution >= 0.6 is 23.4 Å². The molecule has 41 heavy (non-hydrogen) atoms. The van der Waals surface area contributed by atoms with Crippen LogP contribution in [0.25, 0.3) is 0 Å². The van der Waals surface area contributed by atoms with E-state index in [4.69, 9.17) is 16.3 Å². The summed E-state index contributed by atoms with van der Waals surface area (Å²) in [4.78, 5) is 34.5. The number of piperazine rings is 1. The maximum Gasteiger partial charge on any atom is 0.241 e. The van der Waals surface area contributed by atoms with Crippen molar-refractivity contribution in [2.45, 2.75) is 30.0 Å². The third-order valence-electron chi connectivity index (χ3n) is 7.78. The Hall–Kier alpha value is -3.20. The van der Waals surface area contributed by atoms with Gasteiger partial charge in [-0.05, 0) is 67.1 Å². The molecule has 5 rings (SSSR count). The van der Waals surface area contributed by atoms with Crippen molar-refractivity contribution < 1.29 is 14.3 Å². The van der Waals surface area contributed by atoms with Crippen molar-refractivity contribution in [1.82, 2.24) is 10.2 Å². The normalized spacial score (nSPS) is 18.1. The van der Waals surface area contributed by atoms with Crippen molar-refractivity contribution in [1.29, 1.82) is 0 Å². The number of carbonyl (C=O) groups is 2. The highest BCUT2D eigenvalue weighted by Crippen LogP contribution is 2.42. The average Bonchev–Trinajstić information content (AvgIpc) is 3.00. The molecule has 0 spiro atoms. The van der Waals surface area contributed by atoms with E-state index in [2.05, 4.69) is 27.2 Å². The third-order valence-corrected chi connectivity index (χ3v) is 9.48. The molecule has 1 N–H and O–H groups in total. The molecular formula is C32H37ClN4O3S. The third kappa shape index (κ3) is 7.18. The summed E-state index contributed by atoms with van der Waals surface area (Å²) >= 11 is 7.68. The van der Waals surface area contributed by atoms with Gasteiger partial charge in [0.1, 0.15) is 11.0 Å². The number of thioether (sulfide) groups is 1. The van der Waals surface area contributed by atoms with Gasteiger partial charge in [0, 0.05) is 48.3 Å². The maximum absolute atomic E-state index is 13.7. The van der Waals surface area contributed by atoms with Crippen LogP contribution in [-0.4, -0.2) is 68.3 Å². The van der Waals surface area contributed by atoms with Crippen LogP contribution in [0.1, 0.15) is 18.9 Å². The lowest BCUT2D eigenvalue weighted by molar-refractivity contribution is -0.128. The van der Waals surface area contributed by atoms with Crippen molar-refractivity contribution in [3.05, 3.63) is 83.4 Å².